The first-order valence-electron chi connectivity index (χ1n) is 8.72. The second-order valence-corrected chi connectivity index (χ2v) is 6.36. The van der Waals surface area contributed by atoms with Gasteiger partial charge in [-0.2, -0.15) is 5.10 Å². The Hall–Kier alpha value is -2.83. The van der Waals surface area contributed by atoms with E-state index in [1.807, 2.05) is 48.9 Å². The van der Waals surface area contributed by atoms with E-state index in [9.17, 15) is 4.79 Å². The molecule has 1 unspecified atom stereocenters. The Balaban J connectivity index is 1.42. The largest absolute Gasteiger partial charge is 0.497 e. The molecule has 0 fully saturated rings. The first-order valence-corrected chi connectivity index (χ1v) is 8.72. The molecule has 1 atom stereocenters. The third-order valence-electron chi connectivity index (χ3n) is 4.33. The van der Waals surface area contributed by atoms with Gasteiger partial charge in [-0.15, -0.1) is 0 Å². The zero-order valence-corrected chi connectivity index (χ0v) is 15.4. The third kappa shape index (κ3) is 4.22. The number of hydrogen-bond donors (Lipinski definition) is 1. The molecule has 0 saturated heterocycles. The zero-order valence-electron chi connectivity index (χ0n) is 15.4. The number of aromatic nitrogens is 2. The van der Waals surface area contributed by atoms with Gasteiger partial charge in [0.2, 0.25) is 6.10 Å². The molecule has 0 radical (unpaired) electrons. The predicted molar refractivity (Wildman–Crippen MR) is 98.3 cm³/mol. The predicted octanol–water partition coefficient (Wildman–Crippen LogP) is 2.21. The van der Waals surface area contributed by atoms with Crippen LogP contribution in [-0.2, 0) is 16.2 Å². The minimum absolute atomic E-state index is 0.134. The van der Waals surface area contributed by atoms with Crippen LogP contribution in [0.5, 0.6) is 5.75 Å². The summed E-state index contributed by atoms with van der Waals surface area (Å²) in [6.45, 7) is 5.36. The minimum Gasteiger partial charge on any atom is -0.497 e. The SMILES string of the molecule is COc1ccc(C2=NOC(C(=O)NCCCn3nc(C)cc3C)C2)cc1. The zero-order chi connectivity index (χ0) is 18.5. The van der Waals surface area contributed by atoms with Crippen LogP contribution < -0.4 is 10.1 Å². The van der Waals surface area contributed by atoms with E-state index in [1.165, 1.54) is 0 Å². The maximum atomic E-state index is 12.3. The number of ether oxygens (including phenoxy) is 1. The molecule has 0 spiro atoms. The standard InChI is InChI=1S/C19H24N4O3/c1-13-11-14(2)23(21-13)10-4-9-20-19(24)18-12-17(22-26-18)15-5-7-16(25-3)8-6-15/h5-8,11,18H,4,9-10,12H2,1-3H3,(H,20,24). The summed E-state index contributed by atoms with van der Waals surface area (Å²) in [5.41, 5.74) is 3.85. The summed E-state index contributed by atoms with van der Waals surface area (Å²) in [6.07, 6.45) is 0.711. The van der Waals surface area contributed by atoms with Crippen LogP contribution in [0, 0.1) is 13.8 Å². The van der Waals surface area contributed by atoms with E-state index in [4.69, 9.17) is 9.57 Å². The number of hydrogen-bond acceptors (Lipinski definition) is 5. The van der Waals surface area contributed by atoms with Gasteiger partial charge in [0.05, 0.1) is 18.5 Å². The molecule has 7 nitrogen and oxygen atoms in total. The van der Waals surface area contributed by atoms with Crippen molar-refractivity contribution in [2.24, 2.45) is 5.16 Å². The highest BCUT2D eigenvalue weighted by molar-refractivity contribution is 6.04. The first kappa shape index (κ1) is 18.0. The summed E-state index contributed by atoms with van der Waals surface area (Å²) in [5.74, 6) is 0.649. The number of carbonyl (C=O) groups excluding carboxylic acids is 1. The van der Waals surface area contributed by atoms with Gasteiger partial charge in [0.1, 0.15) is 5.75 Å². The molecule has 1 aliphatic heterocycles. The fourth-order valence-corrected chi connectivity index (χ4v) is 2.93. The molecule has 0 saturated carbocycles. The van der Waals surface area contributed by atoms with Gasteiger partial charge in [-0.25, -0.2) is 0 Å². The number of carbonyl (C=O) groups is 1. The van der Waals surface area contributed by atoms with E-state index < -0.39 is 6.10 Å². The highest BCUT2D eigenvalue weighted by Gasteiger charge is 2.28. The summed E-state index contributed by atoms with van der Waals surface area (Å²) < 4.78 is 7.10. The average Bonchev–Trinajstić information content (AvgIpc) is 3.25. The lowest BCUT2D eigenvalue weighted by Crippen LogP contribution is -2.35. The molecule has 26 heavy (non-hydrogen) atoms. The second-order valence-electron chi connectivity index (χ2n) is 6.36. The molecule has 3 rings (SSSR count). The van der Waals surface area contributed by atoms with E-state index >= 15 is 0 Å². The quantitative estimate of drug-likeness (QED) is 0.772. The van der Waals surface area contributed by atoms with Crippen molar-refractivity contribution in [2.75, 3.05) is 13.7 Å². The van der Waals surface area contributed by atoms with Crippen molar-refractivity contribution < 1.29 is 14.4 Å². The monoisotopic (exact) mass is 356 g/mol. The normalized spacial score (nSPS) is 16.1. The number of aryl methyl sites for hydroxylation is 3. The van der Waals surface area contributed by atoms with Crippen LogP contribution >= 0.6 is 0 Å². The maximum absolute atomic E-state index is 12.3. The number of oxime groups is 1. The van der Waals surface area contributed by atoms with E-state index in [2.05, 4.69) is 15.6 Å². The molecule has 2 heterocycles. The molecule has 138 valence electrons. The minimum atomic E-state index is -0.569. The van der Waals surface area contributed by atoms with Crippen molar-refractivity contribution in [3.8, 4) is 5.75 Å². The van der Waals surface area contributed by atoms with Crippen LogP contribution in [-0.4, -0.2) is 41.2 Å². The van der Waals surface area contributed by atoms with Gasteiger partial charge in [0.25, 0.3) is 5.91 Å². The Morgan fingerprint density at radius 1 is 1.35 bits per heavy atom. The smallest absolute Gasteiger partial charge is 0.264 e. The van der Waals surface area contributed by atoms with Gasteiger partial charge < -0.3 is 14.9 Å². The molecular formula is C19H24N4O3. The summed E-state index contributed by atoms with van der Waals surface area (Å²) in [4.78, 5) is 17.6. The number of rotatable bonds is 7. The van der Waals surface area contributed by atoms with Crippen LogP contribution in [0.3, 0.4) is 0 Å². The Kier molecular flexibility index (Phi) is 5.55. The molecule has 1 N–H and O–H groups in total. The molecule has 0 bridgehead atoms. The van der Waals surface area contributed by atoms with E-state index in [1.54, 1.807) is 7.11 Å². The molecule has 1 aliphatic rings. The average molecular weight is 356 g/mol. The Morgan fingerprint density at radius 2 is 2.12 bits per heavy atom. The lowest BCUT2D eigenvalue weighted by Gasteiger charge is -2.10. The Bertz CT molecular complexity index is 796. The summed E-state index contributed by atoms with van der Waals surface area (Å²) in [7, 11) is 1.63. The van der Waals surface area contributed by atoms with Gasteiger partial charge in [-0.1, -0.05) is 5.16 Å². The molecule has 7 heteroatoms. The van der Waals surface area contributed by atoms with Gasteiger partial charge >= 0.3 is 0 Å². The van der Waals surface area contributed by atoms with Crippen LogP contribution in [0.1, 0.15) is 29.8 Å². The van der Waals surface area contributed by atoms with Crippen molar-refractivity contribution in [2.45, 2.75) is 39.3 Å². The summed E-state index contributed by atoms with van der Waals surface area (Å²) in [5, 5.41) is 11.4. The highest BCUT2D eigenvalue weighted by atomic mass is 16.6. The lowest BCUT2D eigenvalue weighted by atomic mass is 10.0. The lowest BCUT2D eigenvalue weighted by molar-refractivity contribution is -0.131. The molecule has 1 amide bonds. The summed E-state index contributed by atoms with van der Waals surface area (Å²) >= 11 is 0. The van der Waals surface area contributed by atoms with Crippen molar-refractivity contribution in [3.05, 3.63) is 47.3 Å². The van der Waals surface area contributed by atoms with Crippen LogP contribution in [0.4, 0.5) is 0 Å². The molecule has 0 aliphatic carbocycles. The van der Waals surface area contributed by atoms with Gasteiger partial charge in [-0.3, -0.25) is 9.48 Å². The molecule has 1 aromatic heterocycles. The van der Waals surface area contributed by atoms with E-state index in [-0.39, 0.29) is 5.91 Å². The molecule has 2 aromatic rings. The Labute approximate surface area is 153 Å². The van der Waals surface area contributed by atoms with E-state index in [0.717, 1.165) is 41.4 Å². The topological polar surface area (TPSA) is 77.7 Å². The van der Waals surface area contributed by atoms with Gasteiger partial charge in [0, 0.05) is 25.2 Å². The van der Waals surface area contributed by atoms with Crippen LogP contribution in [0.2, 0.25) is 0 Å². The Morgan fingerprint density at radius 3 is 2.77 bits per heavy atom. The number of methoxy groups -OCH3 is 1. The van der Waals surface area contributed by atoms with Crippen molar-refractivity contribution in [3.63, 3.8) is 0 Å². The van der Waals surface area contributed by atoms with Crippen LogP contribution in [0.15, 0.2) is 35.5 Å². The summed E-state index contributed by atoms with van der Waals surface area (Å²) in [6, 6.07) is 9.60. The third-order valence-corrected chi connectivity index (χ3v) is 4.33. The highest BCUT2D eigenvalue weighted by Crippen LogP contribution is 2.19. The van der Waals surface area contributed by atoms with Gasteiger partial charge in [0.15, 0.2) is 0 Å². The number of nitrogens with one attached hydrogen (secondary N) is 1. The number of nitrogens with zero attached hydrogens (tertiary/aromatic N) is 3. The number of amides is 1. The maximum Gasteiger partial charge on any atom is 0.264 e. The second kappa shape index (κ2) is 8.03. The first-order chi connectivity index (χ1) is 12.6. The van der Waals surface area contributed by atoms with E-state index in [0.29, 0.717) is 13.0 Å². The fourth-order valence-electron chi connectivity index (χ4n) is 2.93. The fraction of sp³-hybridized carbons (Fsp3) is 0.421. The number of benzene rings is 1. The van der Waals surface area contributed by atoms with Crippen molar-refractivity contribution >= 4 is 11.6 Å². The van der Waals surface area contributed by atoms with Gasteiger partial charge in [-0.05, 0) is 56.2 Å². The van der Waals surface area contributed by atoms with Crippen LogP contribution in [0.25, 0.3) is 0 Å². The molecule has 1 aromatic carbocycles. The molecular weight excluding hydrogens is 332 g/mol. The van der Waals surface area contributed by atoms with Crippen molar-refractivity contribution in [1.29, 1.82) is 0 Å². The van der Waals surface area contributed by atoms with Crippen molar-refractivity contribution in [1.82, 2.24) is 15.1 Å².